The Kier molecular flexibility index (Phi) is 6.36. The van der Waals surface area contributed by atoms with Crippen LogP contribution in [0.15, 0.2) is 113 Å². The molecular weight excluding hydrogens is 488 g/mol. The predicted molar refractivity (Wildman–Crippen MR) is 141 cm³/mol. The lowest BCUT2D eigenvalue weighted by Crippen LogP contribution is -2.18. The molecule has 5 aromatic rings. The third-order valence-corrected chi connectivity index (χ3v) is 6.14. The van der Waals surface area contributed by atoms with Crippen molar-refractivity contribution < 1.29 is 9.53 Å². The monoisotopic (exact) mass is 508 g/mol. The van der Waals surface area contributed by atoms with Crippen LogP contribution in [0.2, 0.25) is 0 Å². The second-order valence-corrected chi connectivity index (χ2v) is 8.76. The van der Waals surface area contributed by atoms with Crippen molar-refractivity contribution in [1.29, 1.82) is 0 Å². The van der Waals surface area contributed by atoms with Crippen molar-refractivity contribution in [3.8, 4) is 5.75 Å². The molecule has 0 bridgehead atoms. The third kappa shape index (κ3) is 4.70. The number of hydrazone groups is 1. The molecule has 4 nitrogen and oxygen atoms in total. The molecule has 0 saturated carbocycles. The summed E-state index contributed by atoms with van der Waals surface area (Å²) in [7, 11) is 0. The van der Waals surface area contributed by atoms with Crippen LogP contribution in [0.1, 0.15) is 21.5 Å². The molecule has 0 fully saturated rings. The van der Waals surface area contributed by atoms with Crippen molar-refractivity contribution in [3.63, 3.8) is 0 Å². The molecule has 1 amide bonds. The van der Waals surface area contributed by atoms with E-state index in [2.05, 4.69) is 56.8 Å². The van der Waals surface area contributed by atoms with Crippen molar-refractivity contribution in [1.82, 2.24) is 5.43 Å². The molecule has 0 heterocycles. The second kappa shape index (κ2) is 9.89. The largest absolute Gasteiger partial charge is 0.488 e. The molecule has 0 atom stereocenters. The lowest BCUT2D eigenvalue weighted by Gasteiger charge is -2.11. The highest BCUT2D eigenvalue weighted by Crippen LogP contribution is 2.27. The van der Waals surface area contributed by atoms with Crippen LogP contribution in [0.5, 0.6) is 5.75 Å². The highest BCUT2D eigenvalue weighted by molar-refractivity contribution is 9.10. The lowest BCUT2D eigenvalue weighted by atomic mass is 9.97. The first-order chi connectivity index (χ1) is 16.7. The van der Waals surface area contributed by atoms with Crippen molar-refractivity contribution in [2.45, 2.75) is 6.61 Å². The topological polar surface area (TPSA) is 50.7 Å². The fourth-order valence-corrected chi connectivity index (χ4v) is 4.19. The van der Waals surface area contributed by atoms with Crippen LogP contribution < -0.4 is 10.2 Å². The summed E-state index contributed by atoms with van der Waals surface area (Å²) in [4.78, 5) is 12.9. The van der Waals surface area contributed by atoms with Crippen molar-refractivity contribution in [2.75, 3.05) is 0 Å². The standard InChI is InChI=1S/C29H21BrN2O2/c30-23-15-13-20(14-16-23)19-34-28-12-6-5-11-26(28)29(33)32-31-18-27-24-9-3-1-7-21(24)17-22-8-2-4-10-25(22)27/h1-18H,19H2,(H,32,33)/b31-18-. The Balaban J connectivity index is 1.37. The van der Waals surface area contributed by atoms with E-state index < -0.39 is 0 Å². The second-order valence-electron chi connectivity index (χ2n) is 7.84. The van der Waals surface area contributed by atoms with E-state index in [0.717, 1.165) is 37.1 Å². The van der Waals surface area contributed by atoms with Crippen LogP contribution in [-0.2, 0) is 6.61 Å². The van der Waals surface area contributed by atoms with Crippen LogP contribution >= 0.6 is 15.9 Å². The van der Waals surface area contributed by atoms with E-state index in [4.69, 9.17) is 4.74 Å². The highest BCUT2D eigenvalue weighted by atomic mass is 79.9. The molecule has 5 heteroatoms. The number of amides is 1. The number of para-hydroxylation sites is 1. The van der Waals surface area contributed by atoms with Crippen LogP contribution in [0.25, 0.3) is 21.5 Å². The molecule has 5 rings (SSSR count). The molecule has 0 aromatic heterocycles. The normalized spacial score (nSPS) is 11.2. The molecule has 0 aliphatic carbocycles. The number of hydrogen-bond donors (Lipinski definition) is 1. The summed E-state index contributed by atoms with van der Waals surface area (Å²) in [5, 5.41) is 8.72. The lowest BCUT2D eigenvalue weighted by molar-refractivity contribution is 0.0950. The van der Waals surface area contributed by atoms with Gasteiger partial charge in [-0.1, -0.05) is 88.7 Å². The Morgan fingerprint density at radius 1 is 0.824 bits per heavy atom. The fourth-order valence-electron chi connectivity index (χ4n) is 3.93. The average Bonchev–Trinajstić information content (AvgIpc) is 2.88. The molecule has 0 radical (unpaired) electrons. The predicted octanol–water partition coefficient (Wildman–Crippen LogP) is 7.10. The van der Waals surface area contributed by atoms with E-state index in [1.165, 1.54) is 0 Å². The van der Waals surface area contributed by atoms with Gasteiger partial charge in [-0.2, -0.15) is 5.10 Å². The molecule has 0 aliphatic rings. The number of carbonyl (C=O) groups excluding carboxylic acids is 1. The molecule has 5 aromatic carbocycles. The SMILES string of the molecule is O=C(N/N=C\c1c2ccccc2cc2ccccc12)c1ccccc1OCc1ccc(Br)cc1. The van der Waals surface area contributed by atoms with Crippen LogP contribution in [0.4, 0.5) is 0 Å². The summed E-state index contributed by atoms with van der Waals surface area (Å²) in [5.74, 6) is 0.181. The van der Waals surface area contributed by atoms with Gasteiger partial charge in [-0.3, -0.25) is 4.79 Å². The first-order valence-corrected chi connectivity index (χ1v) is 11.7. The van der Waals surface area contributed by atoms with Gasteiger partial charge in [-0.25, -0.2) is 5.43 Å². The summed E-state index contributed by atoms with van der Waals surface area (Å²) >= 11 is 3.43. The van der Waals surface area contributed by atoms with Gasteiger partial charge >= 0.3 is 0 Å². The zero-order valence-corrected chi connectivity index (χ0v) is 19.8. The quantitative estimate of drug-likeness (QED) is 0.151. The zero-order chi connectivity index (χ0) is 23.3. The van der Waals surface area contributed by atoms with Crippen molar-refractivity contribution >= 4 is 49.6 Å². The number of halogens is 1. The van der Waals surface area contributed by atoms with E-state index in [9.17, 15) is 4.79 Å². The van der Waals surface area contributed by atoms with Gasteiger partial charge in [-0.05, 0) is 57.4 Å². The van der Waals surface area contributed by atoms with E-state index in [-0.39, 0.29) is 5.91 Å². The van der Waals surface area contributed by atoms with Gasteiger partial charge in [0.2, 0.25) is 0 Å². The molecule has 0 unspecified atom stereocenters. The maximum atomic E-state index is 12.9. The maximum absolute atomic E-state index is 12.9. The molecule has 34 heavy (non-hydrogen) atoms. The number of benzene rings is 5. The van der Waals surface area contributed by atoms with Crippen LogP contribution in [-0.4, -0.2) is 12.1 Å². The molecule has 1 N–H and O–H groups in total. The smallest absolute Gasteiger partial charge is 0.275 e. The van der Waals surface area contributed by atoms with Gasteiger partial charge in [-0.15, -0.1) is 0 Å². The Hall–Kier alpha value is -3.96. The summed E-state index contributed by atoms with van der Waals surface area (Å²) < 4.78 is 6.94. The summed E-state index contributed by atoms with van der Waals surface area (Å²) in [5.41, 5.74) is 5.08. The Labute approximate surface area is 206 Å². The molecule has 0 aliphatic heterocycles. The Morgan fingerprint density at radius 3 is 2.15 bits per heavy atom. The van der Waals surface area contributed by atoms with Gasteiger partial charge in [0, 0.05) is 10.0 Å². The minimum Gasteiger partial charge on any atom is -0.488 e. The highest BCUT2D eigenvalue weighted by Gasteiger charge is 2.12. The fraction of sp³-hybridized carbons (Fsp3) is 0.0345. The van der Waals surface area contributed by atoms with Gasteiger partial charge < -0.3 is 4.74 Å². The van der Waals surface area contributed by atoms with Crippen molar-refractivity contribution in [2.24, 2.45) is 5.10 Å². The van der Waals surface area contributed by atoms with Gasteiger partial charge in [0.25, 0.3) is 5.91 Å². The van der Waals surface area contributed by atoms with Gasteiger partial charge in [0.1, 0.15) is 12.4 Å². The Bertz CT molecular complexity index is 1460. The number of carbonyl (C=O) groups is 1. The minimum atomic E-state index is -0.327. The number of ether oxygens (including phenoxy) is 1. The average molecular weight is 509 g/mol. The first-order valence-electron chi connectivity index (χ1n) is 10.9. The number of rotatable bonds is 6. The molecule has 0 saturated heterocycles. The molecule has 166 valence electrons. The third-order valence-electron chi connectivity index (χ3n) is 5.61. The Morgan fingerprint density at radius 2 is 1.44 bits per heavy atom. The summed E-state index contributed by atoms with van der Waals surface area (Å²) in [6.07, 6.45) is 1.72. The number of nitrogens with zero attached hydrogens (tertiary/aromatic N) is 1. The van der Waals surface area contributed by atoms with Crippen LogP contribution in [0, 0.1) is 0 Å². The first kappa shape index (κ1) is 21.9. The van der Waals surface area contributed by atoms with E-state index in [0.29, 0.717) is 17.9 Å². The van der Waals surface area contributed by atoms with Crippen LogP contribution in [0.3, 0.4) is 0 Å². The maximum Gasteiger partial charge on any atom is 0.275 e. The zero-order valence-electron chi connectivity index (χ0n) is 18.2. The van der Waals surface area contributed by atoms with E-state index in [1.54, 1.807) is 18.3 Å². The molecular formula is C29H21BrN2O2. The number of fused-ring (bicyclic) bond motifs is 2. The summed E-state index contributed by atoms with van der Waals surface area (Å²) in [6, 6.07) is 33.6. The van der Waals surface area contributed by atoms with Gasteiger partial charge in [0.05, 0.1) is 11.8 Å². The van der Waals surface area contributed by atoms with E-state index >= 15 is 0 Å². The number of nitrogens with one attached hydrogen (secondary N) is 1. The summed E-state index contributed by atoms with van der Waals surface area (Å²) in [6.45, 7) is 0.364. The number of hydrogen-bond acceptors (Lipinski definition) is 3. The van der Waals surface area contributed by atoms with Crippen molar-refractivity contribution in [3.05, 3.63) is 124 Å². The van der Waals surface area contributed by atoms with E-state index in [1.807, 2.05) is 60.7 Å². The minimum absolute atomic E-state index is 0.327. The van der Waals surface area contributed by atoms with Gasteiger partial charge in [0.15, 0.2) is 0 Å². The molecule has 0 spiro atoms.